The van der Waals surface area contributed by atoms with Crippen molar-refractivity contribution in [2.45, 2.75) is 17.9 Å². The molecular weight excluding hydrogens is 294 g/mol. The number of halogens is 2. The maximum atomic E-state index is 13.1. The van der Waals surface area contributed by atoms with E-state index in [0.29, 0.717) is 0 Å². The monoisotopic (exact) mass is 308 g/mol. The number of hydrogen-bond donors (Lipinski definition) is 0. The molecule has 0 aromatic heterocycles. The van der Waals surface area contributed by atoms with Crippen molar-refractivity contribution in [2.24, 2.45) is 0 Å². The average molecular weight is 308 g/mol. The number of benzene rings is 2. The number of carbonyl (C=O) groups is 1. The van der Waals surface area contributed by atoms with Gasteiger partial charge in [-0.05, 0) is 30.7 Å². The summed E-state index contributed by atoms with van der Waals surface area (Å²) in [5.74, 6) is -2.30. The van der Waals surface area contributed by atoms with Crippen LogP contribution in [0.25, 0.3) is 0 Å². The standard InChI is InChI=1S/C16H14F2O2S/c1-11(21(20)10-12-5-3-2-4-6-12)16(19)13-7-8-14(17)15(18)9-13/h2-9,11H,10H2,1H3. The van der Waals surface area contributed by atoms with Gasteiger partial charge in [-0.2, -0.15) is 0 Å². The van der Waals surface area contributed by atoms with Gasteiger partial charge >= 0.3 is 0 Å². The van der Waals surface area contributed by atoms with Gasteiger partial charge in [0.2, 0.25) is 0 Å². The number of ketones is 1. The van der Waals surface area contributed by atoms with Crippen LogP contribution in [0.15, 0.2) is 48.5 Å². The fourth-order valence-electron chi connectivity index (χ4n) is 1.87. The van der Waals surface area contributed by atoms with E-state index in [1.807, 2.05) is 30.3 Å². The lowest BCUT2D eigenvalue weighted by atomic mass is 10.1. The molecule has 0 bridgehead atoms. The van der Waals surface area contributed by atoms with E-state index in [1.54, 1.807) is 0 Å². The van der Waals surface area contributed by atoms with Gasteiger partial charge in [-0.25, -0.2) is 8.78 Å². The summed E-state index contributed by atoms with van der Waals surface area (Å²) in [4.78, 5) is 12.2. The molecule has 110 valence electrons. The lowest BCUT2D eigenvalue weighted by molar-refractivity contribution is 0.0992. The highest BCUT2D eigenvalue weighted by atomic mass is 32.2. The van der Waals surface area contributed by atoms with Gasteiger partial charge < -0.3 is 0 Å². The summed E-state index contributed by atoms with van der Waals surface area (Å²) < 4.78 is 38.2. The summed E-state index contributed by atoms with van der Waals surface area (Å²) in [6.07, 6.45) is 0. The zero-order chi connectivity index (χ0) is 15.4. The molecule has 0 aliphatic heterocycles. The van der Waals surface area contributed by atoms with Crippen molar-refractivity contribution in [3.8, 4) is 0 Å². The van der Waals surface area contributed by atoms with E-state index < -0.39 is 33.5 Å². The molecule has 0 spiro atoms. The molecular formula is C16H14F2O2S. The smallest absolute Gasteiger partial charge is 0.178 e. The van der Waals surface area contributed by atoms with Crippen LogP contribution < -0.4 is 0 Å². The molecule has 0 heterocycles. The predicted octanol–water partition coefficient (Wildman–Crippen LogP) is 3.48. The SMILES string of the molecule is CC(C(=O)c1ccc(F)c(F)c1)S(=O)Cc1ccccc1. The first-order valence-electron chi connectivity index (χ1n) is 6.39. The van der Waals surface area contributed by atoms with Crippen molar-refractivity contribution in [1.82, 2.24) is 0 Å². The van der Waals surface area contributed by atoms with Crippen LogP contribution in [0.3, 0.4) is 0 Å². The van der Waals surface area contributed by atoms with E-state index in [4.69, 9.17) is 0 Å². The van der Waals surface area contributed by atoms with Crippen molar-refractivity contribution in [3.63, 3.8) is 0 Å². The van der Waals surface area contributed by atoms with Gasteiger partial charge in [0.05, 0.1) is 5.25 Å². The maximum absolute atomic E-state index is 13.1. The van der Waals surface area contributed by atoms with Crippen LogP contribution in [0, 0.1) is 11.6 Å². The van der Waals surface area contributed by atoms with Gasteiger partial charge in [0.1, 0.15) is 0 Å². The molecule has 2 aromatic rings. The molecule has 2 nitrogen and oxygen atoms in total. The van der Waals surface area contributed by atoms with Crippen LogP contribution >= 0.6 is 0 Å². The third-order valence-corrected chi connectivity index (χ3v) is 4.74. The Labute approximate surface area is 124 Å². The minimum absolute atomic E-state index is 0.0304. The first-order valence-corrected chi connectivity index (χ1v) is 7.77. The molecule has 2 aromatic carbocycles. The molecule has 0 amide bonds. The van der Waals surface area contributed by atoms with Crippen LogP contribution in [0.5, 0.6) is 0 Å². The molecule has 2 unspecified atom stereocenters. The Morgan fingerprint density at radius 3 is 2.38 bits per heavy atom. The molecule has 0 saturated carbocycles. The quantitative estimate of drug-likeness (QED) is 0.792. The van der Waals surface area contributed by atoms with Crippen LogP contribution in [0.4, 0.5) is 8.78 Å². The van der Waals surface area contributed by atoms with Crippen molar-refractivity contribution in [2.75, 3.05) is 0 Å². The normalized spacial score (nSPS) is 13.7. The second-order valence-electron chi connectivity index (χ2n) is 4.65. The van der Waals surface area contributed by atoms with Crippen LogP contribution in [0.1, 0.15) is 22.8 Å². The molecule has 0 radical (unpaired) electrons. The highest BCUT2D eigenvalue weighted by molar-refractivity contribution is 7.85. The summed E-state index contributed by atoms with van der Waals surface area (Å²) in [5, 5.41) is -0.782. The van der Waals surface area contributed by atoms with E-state index in [-0.39, 0.29) is 11.3 Å². The summed E-state index contributed by atoms with van der Waals surface area (Å²) >= 11 is 0. The Hall–Kier alpha value is -1.88. The van der Waals surface area contributed by atoms with Gasteiger partial charge in [-0.1, -0.05) is 30.3 Å². The van der Waals surface area contributed by atoms with E-state index in [9.17, 15) is 17.8 Å². The lowest BCUT2D eigenvalue weighted by Gasteiger charge is -2.11. The van der Waals surface area contributed by atoms with Gasteiger partial charge in [-0.15, -0.1) is 0 Å². The Kier molecular flexibility index (Phi) is 4.96. The van der Waals surface area contributed by atoms with E-state index in [0.717, 1.165) is 17.7 Å². The van der Waals surface area contributed by atoms with Crippen LogP contribution in [-0.2, 0) is 16.6 Å². The summed E-state index contributed by atoms with van der Waals surface area (Å²) in [6, 6.07) is 12.1. The van der Waals surface area contributed by atoms with E-state index >= 15 is 0 Å². The Morgan fingerprint density at radius 1 is 1.10 bits per heavy atom. The van der Waals surface area contributed by atoms with E-state index in [2.05, 4.69) is 0 Å². The van der Waals surface area contributed by atoms with Gasteiger partial charge in [-0.3, -0.25) is 9.00 Å². The third kappa shape index (κ3) is 3.82. The van der Waals surface area contributed by atoms with Gasteiger partial charge in [0, 0.05) is 22.1 Å². The minimum Gasteiger partial charge on any atom is -0.293 e. The summed E-state index contributed by atoms with van der Waals surface area (Å²) in [7, 11) is -1.42. The first-order chi connectivity index (χ1) is 9.99. The molecule has 0 aliphatic rings. The van der Waals surface area contributed by atoms with Crippen LogP contribution in [0.2, 0.25) is 0 Å². The highest BCUT2D eigenvalue weighted by Crippen LogP contribution is 2.15. The largest absolute Gasteiger partial charge is 0.293 e. The van der Waals surface area contributed by atoms with Crippen molar-refractivity contribution >= 4 is 16.6 Å². The molecule has 21 heavy (non-hydrogen) atoms. The lowest BCUT2D eigenvalue weighted by Crippen LogP contribution is -2.24. The number of carbonyl (C=O) groups excluding carboxylic acids is 1. The second-order valence-corrected chi connectivity index (χ2v) is 6.40. The Morgan fingerprint density at radius 2 is 1.76 bits per heavy atom. The zero-order valence-corrected chi connectivity index (χ0v) is 12.2. The fraction of sp³-hybridized carbons (Fsp3) is 0.188. The second kappa shape index (κ2) is 6.72. The van der Waals surface area contributed by atoms with Crippen molar-refractivity contribution in [3.05, 3.63) is 71.3 Å². The average Bonchev–Trinajstić information content (AvgIpc) is 2.49. The molecule has 0 fully saturated rings. The van der Waals surface area contributed by atoms with Crippen LogP contribution in [-0.4, -0.2) is 15.2 Å². The molecule has 0 N–H and O–H groups in total. The molecule has 2 atom stereocenters. The minimum atomic E-state index is -1.42. The molecule has 0 saturated heterocycles. The first kappa shape index (κ1) is 15.5. The molecule has 5 heteroatoms. The predicted molar refractivity (Wildman–Crippen MR) is 78.4 cm³/mol. The molecule has 2 rings (SSSR count). The van der Waals surface area contributed by atoms with Crippen molar-refractivity contribution in [1.29, 1.82) is 0 Å². The van der Waals surface area contributed by atoms with Gasteiger partial charge in [0.15, 0.2) is 17.4 Å². The number of hydrogen-bond acceptors (Lipinski definition) is 2. The van der Waals surface area contributed by atoms with E-state index in [1.165, 1.54) is 13.0 Å². The topological polar surface area (TPSA) is 34.1 Å². The van der Waals surface area contributed by atoms with Gasteiger partial charge in [0.25, 0.3) is 0 Å². The highest BCUT2D eigenvalue weighted by Gasteiger charge is 2.22. The third-order valence-electron chi connectivity index (χ3n) is 3.12. The maximum Gasteiger partial charge on any atom is 0.178 e. The summed E-state index contributed by atoms with van der Waals surface area (Å²) in [6.45, 7) is 1.53. The number of rotatable bonds is 5. The fourth-order valence-corrected chi connectivity index (χ4v) is 3.01. The number of Topliss-reactive ketones (excluding diaryl/α,β-unsaturated/α-hetero) is 1. The van der Waals surface area contributed by atoms with Crippen molar-refractivity contribution < 1.29 is 17.8 Å². The zero-order valence-electron chi connectivity index (χ0n) is 11.4. The summed E-state index contributed by atoms with van der Waals surface area (Å²) in [5.41, 5.74) is 0.892. The molecule has 0 aliphatic carbocycles. The Balaban J connectivity index is 2.11. The Bertz CT molecular complexity index is 671.